The first-order valence-electron chi connectivity index (χ1n) is 7.60. The Labute approximate surface area is 125 Å². The van der Waals surface area contributed by atoms with Gasteiger partial charge in [-0.25, -0.2) is 0 Å². The maximum Gasteiger partial charge on any atom is 0.310 e. The second-order valence-corrected chi connectivity index (χ2v) is 5.63. The zero-order valence-corrected chi connectivity index (χ0v) is 13.1. The summed E-state index contributed by atoms with van der Waals surface area (Å²) < 4.78 is 7.08. The molecule has 1 amide bonds. The number of nitrogens with zero attached hydrogens (tertiary/aromatic N) is 2. The number of piperidine rings is 1. The smallest absolute Gasteiger partial charge is 0.310 e. The molecule has 1 aliphatic heterocycles. The van der Waals surface area contributed by atoms with Crippen molar-refractivity contribution < 1.29 is 14.3 Å². The molecule has 1 unspecified atom stereocenters. The summed E-state index contributed by atoms with van der Waals surface area (Å²) in [7, 11) is 0. The van der Waals surface area contributed by atoms with E-state index in [2.05, 4.69) is 0 Å². The lowest BCUT2D eigenvalue weighted by Gasteiger charge is -2.32. The van der Waals surface area contributed by atoms with Crippen molar-refractivity contribution in [2.75, 3.05) is 19.7 Å². The van der Waals surface area contributed by atoms with Gasteiger partial charge in [0.15, 0.2) is 0 Å². The summed E-state index contributed by atoms with van der Waals surface area (Å²) in [5.41, 5.74) is 2.17. The number of ether oxygens (including phenoxy) is 1. The Kier molecular flexibility index (Phi) is 5.04. The molecule has 116 valence electrons. The molecule has 0 spiro atoms. The van der Waals surface area contributed by atoms with Gasteiger partial charge in [0.05, 0.1) is 12.5 Å². The Balaban J connectivity index is 1.98. The summed E-state index contributed by atoms with van der Waals surface area (Å²) >= 11 is 0. The predicted molar refractivity (Wildman–Crippen MR) is 79.8 cm³/mol. The van der Waals surface area contributed by atoms with E-state index in [1.54, 1.807) is 11.8 Å². The van der Waals surface area contributed by atoms with Crippen LogP contribution in [0.1, 0.15) is 31.2 Å². The first kappa shape index (κ1) is 15.6. The quantitative estimate of drug-likeness (QED) is 0.797. The third kappa shape index (κ3) is 3.65. The van der Waals surface area contributed by atoms with Gasteiger partial charge in [-0.2, -0.15) is 0 Å². The van der Waals surface area contributed by atoms with Gasteiger partial charge in [0.25, 0.3) is 0 Å². The summed E-state index contributed by atoms with van der Waals surface area (Å²) in [5, 5.41) is 0. The molecule has 5 nitrogen and oxygen atoms in total. The normalized spacial score (nSPS) is 18.6. The summed E-state index contributed by atoms with van der Waals surface area (Å²) in [6.45, 7) is 7.76. The number of hydrogen-bond donors (Lipinski definition) is 0. The number of aromatic nitrogens is 1. The fraction of sp³-hybridized carbons (Fsp3) is 0.625. The molecule has 1 aromatic heterocycles. The highest BCUT2D eigenvalue weighted by atomic mass is 16.5. The average Bonchev–Trinajstić information content (AvgIpc) is 2.79. The van der Waals surface area contributed by atoms with E-state index < -0.39 is 0 Å². The zero-order chi connectivity index (χ0) is 15.4. The van der Waals surface area contributed by atoms with Crippen LogP contribution >= 0.6 is 0 Å². The van der Waals surface area contributed by atoms with Gasteiger partial charge in [0.2, 0.25) is 5.91 Å². The van der Waals surface area contributed by atoms with Crippen molar-refractivity contribution in [3.05, 3.63) is 23.5 Å². The van der Waals surface area contributed by atoms with Crippen molar-refractivity contribution in [1.29, 1.82) is 0 Å². The van der Waals surface area contributed by atoms with Crippen LogP contribution in [-0.2, 0) is 20.9 Å². The molecule has 21 heavy (non-hydrogen) atoms. The molecular formula is C16H24N2O3. The zero-order valence-electron chi connectivity index (χ0n) is 13.1. The molecule has 1 aromatic rings. The molecule has 0 radical (unpaired) electrons. The fourth-order valence-electron chi connectivity index (χ4n) is 2.84. The van der Waals surface area contributed by atoms with Gasteiger partial charge >= 0.3 is 5.97 Å². The van der Waals surface area contributed by atoms with Gasteiger partial charge in [0.1, 0.15) is 6.54 Å². The number of carbonyl (C=O) groups is 2. The monoisotopic (exact) mass is 292 g/mol. The first-order chi connectivity index (χ1) is 10.0. The highest BCUT2D eigenvalue weighted by Gasteiger charge is 2.29. The van der Waals surface area contributed by atoms with Crippen LogP contribution in [0.4, 0.5) is 0 Å². The van der Waals surface area contributed by atoms with Gasteiger partial charge in [-0.3, -0.25) is 9.59 Å². The molecule has 0 N–H and O–H groups in total. The number of rotatable bonds is 4. The number of aryl methyl sites for hydroxylation is 2. The van der Waals surface area contributed by atoms with Crippen LogP contribution in [0, 0.1) is 19.8 Å². The lowest BCUT2D eigenvalue weighted by molar-refractivity contribution is -0.151. The molecule has 0 aromatic carbocycles. The van der Waals surface area contributed by atoms with Crippen molar-refractivity contribution in [3.8, 4) is 0 Å². The first-order valence-corrected chi connectivity index (χ1v) is 7.60. The van der Waals surface area contributed by atoms with Crippen molar-refractivity contribution >= 4 is 11.9 Å². The van der Waals surface area contributed by atoms with E-state index in [4.69, 9.17) is 4.74 Å². The Morgan fingerprint density at radius 1 is 1.29 bits per heavy atom. The number of esters is 1. The summed E-state index contributed by atoms with van der Waals surface area (Å²) in [5.74, 6) is -0.274. The van der Waals surface area contributed by atoms with Gasteiger partial charge in [-0.15, -0.1) is 0 Å². The highest BCUT2D eigenvalue weighted by molar-refractivity contribution is 5.78. The third-order valence-corrected chi connectivity index (χ3v) is 4.10. The molecule has 1 saturated heterocycles. The van der Waals surface area contributed by atoms with Crippen LogP contribution in [0.3, 0.4) is 0 Å². The minimum Gasteiger partial charge on any atom is -0.466 e. The number of carbonyl (C=O) groups excluding carboxylic acids is 2. The second kappa shape index (κ2) is 6.78. The van der Waals surface area contributed by atoms with E-state index in [1.165, 1.54) is 0 Å². The van der Waals surface area contributed by atoms with E-state index in [9.17, 15) is 9.59 Å². The molecule has 2 heterocycles. The van der Waals surface area contributed by atoms with E-state index >= 15 is 0 Å². The van der Waals surface area contributed by atoms with Crippen molar-refractivity contribution in [3.63, 3.8) is 0 Å². The van der Waals surface area contributed by atoms with E-state index in [0.717, 1.165) is 30.8 Å². The third-order valence-electron chi connectivity index (χ3n) is 4.10. The van der Waals surface area contributed by atoms with Crippen LogP contribution < -0.4 is 0 Å². The maximum atomic E-state index is 12.4. The van der Waals surface area contributed by atoms with Crippen LogP contribution in [0.5, 0.6) is 0 Å². The Morgan fingerprint density at radius 3 is 2.57 bits per heavy atom. The molecule has 0 bridgehead atoms. The van der Waals surface area contributed by atoms with Crippen molar-refractivity contribution in [1.82, 2.24) is 9.47 Å². The Bertz CT molecular complexity index is 502. The Hall–Kier alpha value is -1.78. The van der Waals surface area contributed by atoms with Crippen LogP contribution in [-0.4, -0.2) is 41.0 Å². The van der Waals surface area contributed by atoms with Gasteiger partial charge < -0.3 is 14.2 Å². The molecule has 1 atom stereocenters. The summed E-state index contributed by atoms with van der Waals surface area (Å²) in [6, 6.07) is 4.03. The van der Waals surface area contributed by atoms with Gasteiger partial charge in [0, 0.05) is 24.5 Å². The molecule has 1 fully saturated rings. The summed E-state index contributed by atoms with van der Waals surface area (Å²) in [6.07, 6.45) is 1.67. The lowest BCUT2D eigenvalue weighted by atomic mass is 9.98. The Morgan fingerprint density at radius 2 is 1.95 bits per heavy atom. The minimum atomic E-state index is -0.177. The van der Waals surface area contributed by atoms with Crippen LogP contribution in [0.15, 0.2) is 12.1 Å². The highest BCUT2D eigenvalue weighted by Crippen LogP contribution is 2.19. The maximum absolute atomic E-state index is 12.4. The fourth-order valence-corrected chi connectivity index (χ4v) is 2.84. The number of likely N-dealkylation sites (tertiary alicyclic amines) is 1. The summed E-state index contributed by atoms with van der Waals surface area (Å²) in [4.78, 5) is 26.1. The molecule has 2 rings (SSSR count). The van der Waals surface area contributed by atoms with Gasteiger partial charge in [-0.1, -0.05) is 0 Å². The molecule has 0 aliphatic carbocycles. The standard InChI is InChI=1S/C16H24N2O3/c1-4-21-16(20)14-6-5-9-17(10-14)15(19)11-18-12(2)7-8-13(18)3/h7-8,14H,4-6,9-11H2,1-3H3. The van der Waals surface area contributed by atoms with E-state index in [-0.39, 0.29) is 17.8 Å². The van der Waals surface area contributed by atoms with Crippen molar-refractivity contribution in [2.24, 2.45) is 5.92 Å². The van der Waals surface area contributed by atoms with Crippen LogP contribution in [0.2, 0.25) is 0 Å². The molecule has 0 saturated carbocycles. The number of amides is 1. The SMILES string of the molecule is CCOC(=O)C1CCCN(C(=O)Cn2c(C)ccc2C)C1. The lowest BCUT2D eigenvalue weighted by Crippen LogP contribution is -2.44. The topological polar surface area (TPSA) is 51.5 Å². The second-order valence-electron chi connectivity index (χ2n) is 5.63. The van der Waals surface area contributed by atoms with E-state index in [0.29, 0.717) is 19.7 Å². The molecule has 1 aliphatic rings. The largest absolute Gasteiger partial charge is 0.466 e. The number of hydrogen-bond acceptors (Lipinski definition) is 3. The average molecular weight is 292 g/mol. The minimum absolute atomic E-state index is 0.0754. The molecular weight excluding hydrogens is 268 g/mol. The van der Waals surface area contributed by atoms with E-state index in [1.807, 2.05) is 30.5 Å². The van der Waals surface area contributed by atoms with Crippen molar-refractivity contribution in [2.45, 2.75) is 40.2 Å². The van der Waals surface area contributed by atoms with Crippen LogP contribution in [0.25, 0.3) is 0 Å². The predicted octanol–water partition coefficient (Wildman–Crippen LogP) is 1.91. The molecule has 5 heteroatoms. The van der Waals surface area contributed by atoms with Gasteiger partial charge in [-0.05, 0) is 45.7 Å².